The van der Waals surface area contributed by atoms with E-state index in [0.29, 0.717) is 31.5 Å². The number of hydrogen-bond acceptors (Lipinski definition) is 4. The Morgan fingerprint density at radius 2 is 1.72 bits per heavy atom. The fourth-order valence-corrected chi connectivity index (χ4v) is 3.76. The number of halogens is 5. The Kier molecular flexibility index (Phi) is 5.84. The van der Waals surface area contributed by atoms with Gasteiger partial charge in [-0.05, 0) is 25.0 Å². The lowest BCUT2D eigenvalue weighted by Crippen LogP contribution is -2.39. The van der Waals surface area contributed by atoms with Crippen LogP contribution in [0.25, 0.3) is 0 Å². The van der Waals surface area contributed by atoms with Crippen LogP contribution in [0.1, 0.15) is 24.0 Å². The maximum Gasteiger partial charge on any atom is 0.418 e. The van der Waals surface area contributed by atoms with Crippen molar-refractivity contribution in [1.29, 1.82) is 10.5 Å². The molecule has 1 saturated heterocycles. The van der Waals surface area contributed by atoms with Crippen LogP contribution in [0.2, 0.25) is 10.0 Å². The molecule has 2 aromatic carbocycles. The molecular weight excluding hydrogens is 426 g/mol. The highest BCUT2D eigenvalue weighted by Gasteiger charge is 2.39. The molecule has 150 valence electrons. The van der Waals surface area contributed by atoms with Crippen molar-refractivity contribution in [1.82, 2.24) is 4.90 Å². The van der Waals surface area contributed by atoms with E-state index in [0.717, 1.165) is 6.07 Å². The monoisotopic (exact) mass is 439 g/mol. The van der Waals surface area contributed by atoms with E-state index in [-0.39, 0.29) is 16.5 Å². The van der Waals surface area contributed by atoms with Crippen molar-refractivity contribution in [3.63, 3.8) is 0 Å². The molecular formula is C20H14Cl2F3N3O. The van der Waals surface area contributed by atoms with Gasteiger partial charge in [-0.1, -0.05) is 41.4 Å². The van der Waals surface area contributed by atoms with Crippen molar-refractivity contribution >= 4 is 23.2 Å². The fraction of sp³-hybridized carbons (Fsp3) is 0.300. The molecule has 0 aliphatic carbocycles. The lowest BCUT2D eigenvalue weighted by Gasteiger charge is -2.35. The molecule has 0 radical (unpaired) electrons. The fourth-order valence-electron chi connectivity index (χ4n) is 3.34. The van der Waals surface area contributed by atoms with Gasteiger partial charge in [0.05, 0.1) is 27.1 Å². The normalized spacial score (nSPS) is 16.0. The lowest BCUT2D eigenvalue weighted by atomic mass is 9.73. The van der Waals surface area contributed by atoms with Gasteiger partial charge in [0.15, 0.2) is 6.19 Å². The van der Waals surface area contributed by atoms with Gasteiger partial charge >= 0.3 is 6.18 Å². The van der Waals surface area contributed by atoms with Crippen molar-refractivity contribution in [2.45, 2.75) is 24.4 Å². The molecule has 4 nitrogen and oxygen atoms in total. The summed E-state index contributed by atoms with van der Waals surface area (Å²) in [5, 5.41) is 18.0. The molecule has 0 atom stereocenters. The van der Waals surface area contributed by atoms with Crippen LogP contribution in [-0.4, -0.2) is 18.0 Å². The van der Waals surface area contributed by atoms with Gasteiger partial charge in [-0.25, -0.2) is 0 Å². The number of nitrogens with zero attached hydrogens (tertiary/aromatic N) is 3. The maximum atomic E-state index is 13.2. The van der Waals surface area contributed by atoms with Crippen LogP contribution in [0.3, 0.4) is 0 Å². The number of likely N-dealkylation sites (tertiary alicyclic amines) is 1. The van der Waals surface area contributed by atoms with Crippen molar-refractivity contribution in [3.05, 3.63) is 57.6 Å². The first-order chi connectivity index (χ1) is 13.7. The third-order valence-corrected chi connectivity index (χ3v) is 5.71. The zero-order chi connectivity index (χ0) is 21.2. The molecule has 0 aromatic heterocycles. The van der Waals surface area contributed by atoms with Crippen LogP contribution < -0.4 is 4.74 Å². The molecule has 2 aromatic rings. The Balaban J connectivity index is 2.00. The summed E-state index contributed by atoms with van der Waals surface area (Å²) in [6.45, 7) is 0.812. The average molecular weight is 440 g/mol. The van der Waals surface area contributed by atoms with E-state index in [1.54, 1.807) is 29.2 Å². The molecule has 1 aliphatic heterocycles. The summed E-state index contributed by atoms with van der Waals surface area (Å²) in [5.74, 6) is 0.118. The van der Waals surface area contributed by atoms with Crippen molar-refractivity contribution in [3.8, 4) is 23.8 Å². The standard InChI is InChI=1S/C20H14Cl2F3N3O/c21-16-10-13(9-15(18(16)22)20(23,24)25)29-17-4-2-1-3-14(17)19(11-26)5-7-28(12-27)8-6-19/h1-4,9-10H,5-8H2. The number of benzene rings is 2. The first kappa shape index (κ1) is 21.1. The number of para-hydroxylation sites is 1. The molecule has 0 N–H and O–H groups in total. The second-order valence-electron chi connectivity index (χ2n) is 6.64. The first-order valence-corrected chi connectivity index (χ1v) is 9.35. The van der Waals surface area contributed by atoms with Crippen molar-refractivity contribution in [2.24, 2.45) is 0 Å². The molecule has 1 heterocycles. The second kappa shape index (κ2) is 8.02. The zero-order valence-electron chi connectivity index (χ0n) is 14.9. The van der Waals surface area contributed by atoms with E-state index < -0.39 is 22.2 Å². The van der Waals surface area contributed by atoms with Gasteiger partial charge < -0.3 is 9.64 Å². The summed E-state index contributed by atoms with van der Waals surface area (Å²) in [6, 6.07) is 11.0. The molecule has 1 aliphatic rings. The van der Waals surface area contributed by atoms with Gasteiger partial charge in [-0.2, -0.15) is 23.7 Å². The third-order valence-electron chi connectivity index (χ3n) is 4.91. The van der Waals surface area contributed by atoms with Gasteiger partial charge in [0.2, 0.25) is 0 Å². The Bertz CT molecular complexity index is 1000. The molecule has 0 saturated carbocycles. The molecule has 9 heteroatoms. The number of hydrogen-bond donors (Lipinski definition) is 0. The lowest BCUT2D eigenvalue weighted by molar-refractivity contribution is -0.137. The molecule has 0 unspecified atom stereocenters. The van der Waals surface area contributed by atoms with E-state index in [9.17, 15) is 18.4 Å². The van der Waals surface area contributed by atoms with Gasteiger partial charge in [-0.3, -0.25) is 0 Å². The van der Waals surface area contributed by atoms with Crippen molar-refractivity contribution in [2.75, 3.05) is 13.1 Å². The van der Waals surface area contributed by atoms with Gasteiger partial charge in [0.25, 0.3) is 0 Å². The quantitative estimate of drug-likeness (QED) is 0.538. The third kappa shape index (κ3) is 4.22. The van der Waals surface area contributed by atoms with Crippen LogP contribution in [0.5, 0.6) is 11.5 Å². The van der Waals surface area contributed by atoms with Gasteiger partial charge in [0, 0.05) is 24.7 Å². The number of nitriles is 2. The molecule has 29 heavy (non-hydrogen) atoms. The molecule has 0 spiro atoms. The highest BCUT2D eigenvalue weighted by molar-refractivity contribution is 6.42. The maximum absolute atomic E-state index is 13.2. The molecule has 1 fully saturated rings. The Labute approximate surface area is 175 Å². The van der Waals surface area contributed by atoms with Gasteiger partial charge in [-0.15, -0.1) is 0 Å². The number of rotatable bonds is 3. The highest BCUT2D eigenvalue weighted by Crippen LogP contribution is 2.44. The van der Waals surface area contributed by atoms with Crippen LogP contribution in [0.15, 0.2) is 36.4 Å². The number of alkyl halides is 3. The average Bonchev–Trinajstić information content (AvgIpc) is 2.70. The summed E-state index contributed by atoms with van der Waals surface area (Å²) in [5.41, 5.74) is -1.45. The number of ether oxygens (including phenoxy) is 1. The largest absolute Gasteiger partial charge is 0.457 e. The summed E-state index contributed by atoms with van der Waals surface area (Å²) in [7, 11) is 0. The summed E-state index contributed by atoms with van der Waals surface area (Å²) in [6.07, 6.45) is -1.84. The Morgan fingerprint density at radius 1 is 1.07 bits per heavy atom. The van der Waals surface area contributed by atoms with Crippen LogP contribution in [0, 0.1) is 22.8 Å². The van der Waals surface area contributed by atoms with Crippen LogP contribution >= 0.6 is 23.2 Å². The smallest absolute Gasteiger partial charge is 0.418 e. The van der Waals surface area contributed by atoms with E-state index >= 15 is 0 Å². The first-order valence-electron chi connectivity index (χ1n) is 8.60. The highest BCUT2D eigenvalue weighted by atomic mass is 35.5. The van der Waals surface area contributed by atoms with Gasteiger partial charge in [0.1, 0.15) is 11.5 Å². The number of piperidine rings is 1. The summed E-state index contributed by atoms with van der Waals surface area (Å²) < 4.78 is 45.4. The topological polar surface area (TPSA) is 60.0 Å². The summed E-state index contributed by atoms with van der Waals surface area (Å²) >= 11 is 11.6. The minimum absolute atomic E-state index is 0.137. The second-order valence-corrected chi connectivity index (χ2v) is 7.43. The predicted molar refractivity (Wildman–Crippen MR) is 102 cm³/mol. The minimum Gasteiger partial charge on any atom is -0.457 e. The Hall–Kier alpha value is -2.61. The molecule has 0 amide bonds. The van der Waals surface area contributed by atoms with Crippen LogP contribution in [-0.2, 0) is 11.6 Å². The zero-order valence-corrected chi connectivity index (χ0v) is 16.4. The Morgan fingerprint density at radius 3 is 2.31 bits per heavy atom. The van der Waals surface area contributed by atoms with E-state index in [1.165, 1.54) is 6.07 Å². The SMILES string of the molecule is N#CN1CCC(C#N)(c2ccccc2Oc2cc(Cl)c(Cl)c(C(F)(F)F)c2)CC1. The summed E-state index contributed by atoms with van der Waals surface area (Å²) in [4.78, 5) is 1.56. The van der Waals surface area contributed by atoms with E-state index in [2.05, 4.69) is 12.3 Å². The molecule has 0 bridgehead atoms. The predicted octanol–water partition coefficient (Wildman–Crippen LogP) is 6.14. The van der Waals surface area contributed by atoms with E-state index in [1.807, 2.05) is 0 Å². The van der Waals surface area contributed by atoms with Crippen LogP contribution in [0.4, 0.5) is 13.2 Å². The molecule has 3 rings (SSSR count). The minimum atomic E-state index is -4.70. The van der Waals surface area contributed by atoms with Crippen molar-refractivity contribution < 1.29 is 17.9 Å². The van der Waals surface area contributed by atoms with E-state index in [4.69, 9.17) is 33.2 Å².